The smallest absolute Gasteiger partial charge is 0.159 e. The molecule has 1 aromatic carbocycles. The van der Waals surface area contributed by atoms with Crippen molar-refractivity contribution in [3.05, 3.63) is 35.7 Å². The van der Waals surface area contributed by atoms with E-state index in [0.29, 0.717) is 11.5 Å². The molecule has 6 heteroatoms. The molecule has 3 rings (SSSR count). The Hall–Kier alpha value is -2.34. The van der Waals surface area contributed by atoms with Crippen LogP contribution >= 0.6 is 0 Å². The number of hydrogen-bond acceptors (Lipinski definition) is 6. The second kappa shape index (κ2) is 7.05. The number of anilines is 4. The zero-order chi connectivity index (χ0) is 17.1. The van der Waals surface area contributed by atoms with Crippen molar-refractivity contribution >= 4 is 23.0 Å². The fourth-order valence-electron chi connectivity index (χ4n) is 2.97. The highest BCUT2D eigenvalue weighted by Gasteiger charge is 2.20. The fraction of sp³-hybridized carbons (Fsp3) is 0.444. The molecule has 1 fully saturated rings. The van der Waals surface area contributed by atoms with Crippen LogP contribution in [-0.4, -0.2) is 47.6 Å². The molecule has 1 aliphatic rings. The molecule has 1 saturated heterocycles. The molecule has 0 unspecified atom stereocenters. The first-order valence-corrected chi connectivity index (χ1v) is 8.50. The van der Waals surface area contributed by atoms with Gasteiger partial charge in [0.15, 0.2) is 11.6 Å². The second-order valence-corrected chi connectivity index (χ2v) is 6.30. The summed E-state index contributed by atoms with van der Waals surface area (Å²) in [5.41, 5.74) is 10.5. The Bertz CT molecular complexity index is 707. The van der Waals surface area contributed by atoms with Gasteiger partial charge in [0, 0.05) is 31.9 Å². The summed E-state index contributed by atoms with van der Waals surface area (Å²) >= 11 is 0. The largest absolute Gasteiger partial charge is 0.393 e. The minimum absolute atomic E-state index is 0.612. The minimum Gasteiger partial charge on any atom is -0.393 e. The van der Waals surface area contributed by atoms with Crippen molar-refractivity contribution in [1.82, 2.24) is 14.9 Å². The van der Waals surface area contributed by atoms with Gasteiger partial charge in [0.2, 0.25) is 0 Å². The average molecular weight is 326 g/mol. The fourth-order valence-corrected chi connectivity index (χ4v) is 2.97. The zero-order valence-electron chi connectivity index (χ0n) is 14.7. The van der Waals surface area contributed by atoms with Crippen LogP contribution in [-0.2, 0) is 0 Å². The van der Waals surface area contributed by atoms with Crippen LogP contribution in [0.25, 0.3) is 0 Å². The van der Waals surface area contributed by atoms with E-state index < -0.39 is 0 Å². The molecule has 0 saturated carbocycles. The normalized spacial score (nSPS) is 15.5. The number of rotatable bonds is 4. The van der Waals surface area contributed by atoms with Gasteiger partial charge in [-0.2, -0.15) is 0 Å². The van der Waals surface area contributed by atoms with E-state index in [1.165, 1.54) is 11.1 Å². The van der Waals surface area contributed by atoms with E-state index in [1.807, 2.05) is 6.07 Å². The molecular weight excluding hydrogens is 300 g/mol. The van der Waals surface area contributed by atoms with Crippen molar-refractivity contribution in [1.29, 1.82) is 0 Å². The minimum atomic E-state index is 0.612. The molecular formula is C18H26N6. The van der Waals surface area contributed by atoms with E-state index in [1.54, 1.807) is 6.33 Å². The van der Waals surface area contributed by atoms with Crippen LogP contribution in [0.1, 0.15) is 18.1 Å². The Morgan fingerprint density at radius 2 is 1.83 bits per heavy atom. The summed E-state index contributed by atoms with van der Waals surface area (Å²) < 4.78 is 0. The van der Waals surface area contributed by atoms with E-state index in [4.69, 9.17) is 5.73 Å². The van der Waals surface area contributed by atoms with E-state index in [9.17, 15) is 0 Å². The zero-order valence-corrected chi connectivity index (χ0v) is 14.7. The quantitative estimate of drug-likeness (QED) is 0.900. The monoisotopic (exact) mass is 326 g/mol. The number of likely N-dealkylation sites (N-methyl/N-ethyl adjacent to an activating group) is 1. The molecule has 2 aromatic rings. The number of piperazine rings is 1. The highest BCUT2D eigenvalue weighted by Crippen LogP contribution is 2.29. The maximum Gasteiger partial charge on any atom is 0.159 e. The molecule has 6 nitrogen and oxygen atoms in total. The van der Waals surface area contributed by atoms with Crippen molar-refractivity contribution in [3.63, 3.8) is 0 Å². The van der Waals surface area contributed by atoms with E-state index in [-0.39, 0.29) is 0 Å². The van der Waals surface area contributed by atoms with Crippen LogP contribution < -0.4 is 16.0 Å². The van der Waals surface area contributed by atoms with Gasteiger partial charge < -0.3 is 20.9 Å². The van der Waals surface area contributed by atoms with Gasteiger partial charge in [0.25, 0.3) is 0 Å². The van der Waals surface area contributed by atoms with Gasteiger partial charge in [-0.3, -0.25) is 0 Å². The lowest BCUT2D eigenvalue weighted by Gasteiger charge is -2.35. The molecule has 1 aromatic heterocycles. The number of aryl methyl sites for hydroxylation is 2. The predicted octanol–water partition coefficient (Wildman–Crippen LogP) is 2.56. The Labute approximate surface area is 143 Å². The maximum atomic E-state index is 6.35. The van der Waals surface area contributed by atoms with Crippen LogP contribution in [0.2, 0.25) is 0 Å². The van der Waals surface area contributed by atoms with Gasteiger partial charge in [-0.15, -0.1) is 0 Å². The average Bonchev–Trinajstić information content (AvgIpc) is 2.60. The third kappa shape index (κ3) is 3.43. The summed E-state index contributed by atoms with van der Waals surface area (Å²) in [5, 5.41) is 3.33. The number of nitrogens with zero attached hydrogens (tertiary/aromatic N) is 4. The predicted molar refractivity (Wildman–Crippen MR) is 100.0 cm³/mol. The summed E-state index contributed by atoms with van der Waals surface area (Å²) in [7, 11) is 0. The van der Waals surface area contributed by atoms with Crippen molar-refractivity contribution in [2.24, 2.45) is 0 Å². The van der Waals surface area contributed by atoms with Gasteiger partial charge in [-0.05, 0) is 43.7 Å². The van der Waals surface area contributed by atoms with Crippen molar-refractivity contribution in [2.75, 3.05) is 48.7 Å². The van der Waals surface area contributed by atoms with Crippen LogP contribution in [0.3, 0.4) is 0 Å². The Balaban J connectivity index is 1.79. The standard InChI is InChI=1S/C18H26N6/c1-4-23-7-9-24(10-8-23)18-16(19)17(20-12-21-18)22-15-6-5-13(2)14(3)11-15/h5-6,11-12H,4,7-10,19H2,1-3H3,(H,20,21,22). The highest BCUT2D eigenvalue weighted by atomic mass is 15.3. The topological polar surface area (TPSA) is 70.3 Å². The third-order valence-electron chi connectivity index (χ3n) is 4.75. The van der Waals surface area contributed by atoms with Crippen LogP contribution in [0.15, 0.2) is 24.5 Å². The van der Waals surface area contributed by atoms with Gasteiger partial charge in [-0.1, -0.05) is 13.0 Å². The number of nitrogen functional groups attached to an aromatic ring is 1. The molecule has 2 heterocycles. The lowest BCUT2D eigenvalue weighted by atomic mass is 10.1. The Morgan fingerprint density at radius 3 is 2.50 bits per heavy atom. The number of nitrogens with one attached hydrogen (secondary N) is 1. The van der Waals surface area contributed by atoms with Gasteiger partial charge >= 0.3 is 0 Å². The van der Waals surface area contributed by atoms with Crippen LogP contribution in [0.5, 0.6) is 0 Å². The van der Waals surface area contributed by atoms with Crippen molar-refractivity contribution < 1.29 is 0 Å². The molecule has 0 bridgehead atoms. The van der Waals surface area contributed by atoms with Crippen LogP contribution in [0, 0.1) is 13.8 Å². The summed E-state index contributed by atoms with van der Waals surface area (Å²) in [6.45, 7) is 11.5. The molecule has 0 amide bonds. The Morgan fingerprint density at radius 1 is 1.08 bits per heavy atom. The third-order valence-corrected chi connectivity index (χ3v) is 4.75. The number of nitrogens with two attached hydrogens (primary N) is 1. The molecule has 0 spiro atoms. The lowest BCUT2D eigenvalue weighted by Crippen LogP contribution is -2.46. The molecule has 0 atom stereocenters. The maximum absolute atomic E-state index is 6.35. The lowest BCUT2D eigenvalue weighted by molar-refractivity contribution is 0.270. The Kier molecular flexibility index (Phi) is 4.85. The first kappa shape index (κ1) is 16.5. The number of hydrogen-bond donors (Lipinski definition) is 2. The number of aromatic nitrogens is 2. The first-order valence-electron chi connectivity index (χ1n) is 8.50. The second-order valence-electron chi connectivity index (χ2n) is 6.30. The summed E-state index contributed by atoms with van der Waals surface area (Å²) in [5.74, 6) is 1.49. The molecule has 128 valence electrons. The molecule has 24 heavy (non-hydrogen) atoms. The van der Waals surface area contributed by atoms with Gasteiger partial charge in [-0.25, -0.2) is 9.97 Å². The molecule has 0 radical (unpaired) electrons. The van der Waals surface area contributed by atoms with E-state index in [0.717, 1.165) is 44.2 Å². The number of benzene rings is 1. The summed E-state index contributed by atoms with van der Waals surface area (Å²) in [6.07, 6.45) is 1.58. The van der Waals surface area contributed by atoms with E-state index >= 15 is 0 Å². The summed E-state index contributed by atoms with van der Waals surface area (Å²) in [6, 6.07) is 6.25. The molecule has 0 aliphatic carbocycles. The van der Waals surface area contributed by atoms with Crippen molar-refractivity contribution in [2.45, 2.75) is 20.8 Å². The van der Waals surface area contributed by atoms with Crippen molar-refractivity contribution in [3.8, 4) is 0 Å². The van der Waals surface area contributed by atoms with Crippen LogP contribution in [0.4, 0.5) is 23.0 Å². The molecule has 1 aliphatic heterocycles. The summed E-state index contributed by atoms with van der Waals surface area (Å²) in [4.78, 5) is 13.4. The van der Waals surface area contributed by atoms with E-state index in [2.05, 4.69) is 58.0 Å². The van der Waals surface area contributed by atoms with Gasteiger partial charge in [0.05, 0.1) is 0 Å². The highest BCUT2D eigenvalue weighted by molar-refractivity contribution is 5.78. The first-order chi connectivity index (χ1) is 11.6. The van der Waals surface area contributed by atoms with Gasteiger partial charge in [0.1, 0.15) is 12.0 Å². The molecule has 3 N–H and O–H groups in total. The SMILES string of the molecule is CCN1CCN(c2ncnc(Nc3ccc(C)c(C)c3)c2N)CC1.